The fraction of sp³-hybridized carbons (Fsp3) is 0.867. The van der Waals surface area contributed by atoms with Crippen LogP contribution in [0, 0.1) is 11.3 Å². The van der Waals surface area contributed by atoms with Crippen LogP contribution < -0.4 is 5.32 Å². The van der Waals surface area contributed by atoms with Crippen LogP contribution in [0.15, 0.2) is 0 Å². The second-order valence-electron chi connectivity index (χ2n) is 7.10. The first-order valence-corrected chi connectivity index (χ1v) is 7.70. The Balaban J connectivity index is 1.60. The van der Waals surface area contributed by atoms with E-state index in [1.807, 2.05) is 13.8 Å². The molecule has 3 rings (SSSR count). The summed E-state index contributed by atoms with van der Waals surface area (Å²) in [6, 6.07) is -0.278. The lowest BCUT2D eigenvalue weighted by Crippen LogP contribution is -2.63. The molecule has 0 aromatic carbocycles. The molecule has 3 unspecified atom stereocenters. The van der Waals surface area contributed by atoms with Crippen molar-refractivity contribution in [2.75, 3.05) is 6.54 Å². The van der Waals surface area contributed by atoms with Crippen LogP contribution in [0.4, 0.5) is 0 Å². The van der Waals surface area contributed by atoms with Crippen molar-refractivity contribution in [2.45, 2.75) is 64.1 Å². The van der Waals surface area contributed by atoms with Crippen molar-refractivity contribution in [3.05, 3.63) is 0 Å². The number of hydrogen-bond donors (Lipinski definition) is 2. The normalized spacial score (nSPS) is 35.5. The van der Waals surface area contributed by atoms with Crippen molar-refractivity contribution in [3.8, 4) is 0 Å². The number of aliphatic hydroxyl groups excluding tert-OH is 1. The van der Waals surface area contributed by atoms with Crippen LogP contribution >= 0.6 is 0 Å². The highest BCUT2D eigenvalue weighted by atomic mass is 16.3. The molecule has 2 amide bonds. The van der Waals surface area contributed by atoms with Crippen LogP contribution in [0.5, 0.6) is 0 Å². The third kappa shape index (κ3) is 2.22. The van der Waals surface area contributed by atoms with Crippen molar-refractivity contribution >= 4 is 11.8 Å². The van der Waals surface area contributed by atoms with Crippen LogP contribution in [-0.2, 0) is 9.59 Å². The first kappa shape index (κ1) is 13.9. The van der Waals surface area contributed by atoms with Gasteiger partial charge >= 0.3 is 0 Å². The molecule has 0 spiro atoms. The lowest BCUT2D eigenvalue weighted by atomic mass is 9.64. The highest BCUT2D eigenvalue weighted by molar-refractivity contribution is 5.90. The second kappa shape index (κ2) is 4.72. The maximum absolute atomic E-state index is 12.4. The number of amides is 2. The Kier molecular flexibility index (Phi) is 3.27. The molecule has 3 atom stereocenters. The Morgan fingerprint density at radius 1 is 1.25 bits per heavy atom. The van der Waals surface area contributed by atoms with Gasteiger partial charge in [0.1, 0.15) is 6.04 Å². The highest BCUT2D eigenvalue weighted by Gasteiger charge is 2.49. The molecule has 3 aliphatic rings. The summed E-state index contributed by atoms with van der Waals surface area (Å²) in [7, 11) is 0. The Bertz CT molecular complexity index is 431. The summed E-state index contributed by atoms with van der Waals surface area (Å²) < 4.78 is 0. The number of carbonyl (C=O) groups is 2. The van der Waals surface area contributed by atoms with E-state index in [2.05, 4.69) is 5.32 Å². The molecule has 2 N–H and O–H groups in total. The zero-order valence-corrected chi connectivity index (χ0v) is 12.3. The summed E-state index contributed by atoms with van der Waals surface area (Å²) in [5, 5.41) is 12.8. The zero-order valence-electron chi connectivity index (χ0n) is 12.3. The van der Waals surface area contributed by atoms with Crippen LogP contribution in [-0.4, -0.2) is 46.6 Å². The fourth-order valence-corrected chi connectivity index (χ4v) is 3.28. The maximum Gasteiger partial charge on any atom is 0.243 e. The van der Waals surface area contributed by atoms with Crippen LogP contribution in [0.3, 0.4) is 0 Å². The molecule has 112 valence electrons. The topological polar surface area (TPSA) is 69.6 Å². The smallest absolute Gasteiger partial charge is 0.243 e. The van der Waals surface area contributed by atoms with Gasteiger partial charge in [-0.25, -0.2) is 0 Å². The summed E-state index contributed by atoms with van der Waals surface area (Å²) in [5.41, 5.74) is -0.264. The van der Waals surface area contributed by atoms with Gasteiger partial charge < -0.3 is 15.3 Å². The lowest BCUT2D eigenvalue weighted by molar-refractivity contribution is -0.142. The van der Waals surface area contributed by atoms with E-state index in [9.17, 15) is 14.7 Å². The van der Waals surface area contributed by atoms with Gasteiger partial charge in [0.05, 0.1) is 6.10 Å². The molecule has 0 aromatic rings. The van der Waals surface area contributed by atoms with Gasteiger partial charge in [0, 0.05) is 23.9 Å². The number of rotatable bonds is 3. The molecule has 0 radical (unpaired) electrons. The van der Waals surface area contributed by atoms with Crippen molar-refractivity contribution in [1.29, 1.82) is 0 Å². The number of hydrogen-bond acceptors (Lipinski definition) is 3. The largest absolute Gasteiger partial charge is 0.392 e. The first-order chi connectivity index (χ1) is 9.41. The van der Waals surface area contributed by atoms with E-state index in [4.69, 9.17) is 0 Å². The summed E-state index contributed by atoms with van der Waals surface area (Å²) in [6.07, 6.45) is 3.90. The van der Waals surface area contributed by atoms with E-state index in [-0.39, 0.29) is 41.3 Å². The lowest BCUT2D eigenvalue weighted by Gasteiger charge is -2.49. The predicted octanol–water partition coefficient (Wildman–Crippen LogP) is 0.663. The summed E-state index contributed by atoms with van der Waals surface area (Å²) in [5.74, 6) is 0.294. The second-order valence-corrected chi connectivity index (χ2v) is 7.10. The summed E-state index contributed by atoms with van der Waals surface area (Å²) in [6.45, 7) is 4.64. The fourth-order valence-electron chi connectivity index (χ4n) is 3.28. The average molecular weight is 280 g/mol. The predicted molar refractivity (Wildman–Crippen MR) is 73.8 cm³/mol. The summed E-state index contributed by atoms with van der Waals surface area (Å²) in [4.78, 5) is 26.4. The van der Waals surface area contributed by atoms with E-state index in [1.54, 1.807) is 4.90 Å². The van der Waals surface area contributed by atoms with Crippen molar-refractivity contribution in [1.82, 2.24) is 10.2 Å². The monoisotopic (exact) mass is 280 g/mol. The highest BCUT2D eigenvalue weighted by Crippen LogP contribution is 2.40. The molecule has 1 heterocycles. The summed E-state index contributed by atoms with van der Waals surface area (Å²) >= 11 is 0. The standard InChI is InChI=1S/C15H24N2O3/c1-15(2)11(8-12(15)18)16-13(19)10-4-3-7-17(10)14(20)9-5-6-9/h9-12,18H,3-8H2,1-2H3,(H,16,19). The van der Waals surface area contributed by atoms with E-state index in [1.165, 1.54) is 0 Å². The van der Waals surface area contributed by atoms with Crippen LogP contribution in [0.1, 0.15) is 46.0 Å². The Labute approximate surface area is 119 Å². The van der Waals surface area contributed by atoms with Gasteiger partial charge in [-0.1, -0.05) is 13.8 Å². The minimum Gasteiger partial charge on any atom is -0.392 e. The van der Waals surface area contributed by atoms with E-state index in [0.717, 1.165) is 25.7 Å². The number of nitrogens with zero attached hydrogens (tertiary/aromatic N) is 1. The first-order valence-electron chi connectivity index (χ1n) is 7.70. The van der Waals surface area contributed by atoms with Gasteiger partial charge in [-0.15, -0.1) is 0 Å². The molecule has 2 saturated carbocycles. The number of likely N-dealkylation sites (tertiary alicyclic amines) is 1. The third-order valence-electron chi connectivity index (χ3n) is 5.30. The number of nitrogens with one attached hydrogen (secondary N) is 1. The van der Waals surface area contributed by atoms with Gasteiger partial charge in [-0.3, -0.25) is 9.59 Å². The minimum absolute atomic E-state index is 0.0171. The van der Waals surface area contributed by atoms with E-state index < -0.39 is 0 Å². The molecule has 1 saturated heterocycles. The zero-order chi connectivity index (χ0) is 14.5. The van der Waals surface area contributed by atoms with Gasteiger partial charge in [-0.05, 0) is 32.1 Å². The van der Waals surface area contributed by atoms with E-state index >= 15 is 0 Å². The van der Waals surface area contributed by atoms with Crippen molar-refractivity contribution < 1.29 is 14.7 Å². The minimum atomic E-state index is -0.347. The number of carbonyl (C=O) groups excluding carboxylic acids is 2. The molecule has 0 bridgehead atoms. The van der Waals surface area contributed by atoms with Gasteiger partial charge in [-0.2, -0.15) is 0 Å². The van der Waals surface area contributed by atoms with Crippen molar-refractivity contribution in [2.24, 2.45) is 11.3 Å². The van der Waals surface area contributed by atoms with Gasteiger partial charge in [0.25, 0.3) is 0 Å². The van der Waals surface area contributed by atoms with Crippen LogP contribution in [0.2, 0.25) is 0 Å². The molecular weight excluding hydrogens is 256 g/mol. The Morgan fingerprint density at radius 2 is 1.95 bits per heavy atom. The van der Waals surface area contributed by atoms with E-state index in [0.29, 0.717) is 13.0 Å². The molecule has 5 heteroatoms. The molecule has 3 fully saturated rings. The number of aliphatic hydroxyl groups is 1. The molecule has 20 heavy (non-hydrogen) atoms. The van der Waals surface area contributed by atoms with Gasteiger partial charge in [0.2, 0.25) is 11.8 Å². The van der Waals surface area contributed by atoms with Crippen LogP contribution in [0.25, 0.3) is 0 Å². The third-order valence-corrected chi connectivity index (χ3v) is 5.30. The van der Waals surface area contributed by atoms with Gasteiger partial charge in [0.15, 0.2) is 0 Å². The maximum atomic E-state index is 12.4. The SMILES string of the molecule is CC1(C)C(O)CC1NC(=O)C1CCCN1C(=O)C1CC1. The Morgan fingerprint density at radius 3 is 2.50 bits per heavy atom. The molecule has 5 nitrogen and oxygen atoms in total. The quantitative estimate of drug-likeness (QED) is 0.798. The molecule has 1 aliphatic heterocycles. The molecular formula is C15H24N2O3. The molecule has 2 aliphatic carbocycles. The Hall–Kier alpha value is -1.10. The molecule has 0 aromatic heterocycles. The average Bonchev–Trinajstić information content (AvgIpc) is 3.14. The van der Waals surface area contributed by atoms with Crippen molar-refractivity contribution in [3.63, 3.8) is 0 Å².